The van der Waals surface area contributed by atoms with Gasteiger partial charge in [-0.25, -0.2) is 0 Å². The van der Waals surface area contributed by atoms with Crippen LogP contribution in [-0.4, -0.2) is 46.1 Å². The standard InChI is InChI=1S/C13H26N2O3/c1-13(2,10-6-5-7-14-8-10)12(16)15-9-11(17-3)18-4/h10-11,14H,5-9H2,1-4H3,(H,15,16). The van der Waals surface area contributed by atoms with Crippen molar-refractivity contribution in [2.45, 2.75) is 33.0 Å². The Hall–Kier alpha value is -0.650. The second-order valence-electron chi connectivity index (χ2n) is 5.38. The van der Waals surface area contributed by atoms with Crippen molar-refractivity contribution in [2.24, 2.45) is 11.3 Å². The first kappa shape index (κ1) is 15.4. The Morgan fingerprint density at radius 1 is 1.44 bits per heavy atom. The molecule has 0 bridgehead atoms. The number of rotatable bonds is 6. The van der Waals surface area contributed by atoms with Crippen LogP contribution in [-0.2, 0) is 14.3 Å². The topological polar surface area (TPSA) is 59.6 Å². The molecule has 1 amide bonds. The Balaban J connectivity index is 2.47. The summed E-state index contributed by atoms with van der Waals surface area (Å²) in [5, 5.41) is 6.26. The van der Waals surface area contributed by atoms with Crippen molar-refractivity contribution in [3.05, 3.63) is 0 Å². The Morgan fingerprint density at radius 3 is 2.61 bits per heavy atom. The lowest BCUT2D eigenvalue weighted by molar-refractivity contribution is -0.137. The smallest absolute Gasteiger partial charge is 0.226 e. The van der Waals surface area contributed by atoms with Crippen LogP contribution >= 0.6 is 0 Å². The van der Waals surface area contributed by atoms with Gasteiger partial charge in [-0.05, 0) is 31.8 Å². The number of ether oxygens (including phenoxy) is 2. The van der Waals surface area contributed by atoms with Gasteiger partial charge in [-0.15, -0.1) is 0 Å². The highest BCUT2D eigenvalue weighted by Gasteiger charge is 2.37. The van der Waals surface area contributed by atoms with Crippen LogP contribution in [0.5, 0.6) is 0 Å². The number of hydrogen-bond donors (Lipinski definition) is 2. The highest BCUT2D eigenvalue weighted by Crippen LogP contribution is 2.31. The summed E-state index contributed by atoms with van der Waals surface area (Å²) in [7, 11) is 3.13. The Kier molecular flexibility index (Phi) is 6.05. The molecule has 0 spiro atoms. The SMILES string of the molecule is COC(CNC(=O)C(C)(C)C1CCCNC1)OC. The zero-order chi connectivity index (χ0) is 13.6. The fourth-order valence-corrected chi connectivity index (χ4v) is 2.32. The van der Waals surface area contributed by atoms with Crippen molar-refractivity contribution in [1.82, 2.24) is 10.6 Å². The molecule has 106 valence electrons. The van der Waals surface area contributed by atoms with Gasteiger partial charge in [-0.1, -0.05) is 13.8 Å². The number of amides is 1. The highest BCUT2D eigenvalue weighted by atomic mass is 16.7. The third kappa shape index (κ3) is 3.93. The molecule has 5 nitrogen and oxygen atoms in total. The van der Waals surface area contributed by atoms with Gasteiger partial charge in [-0.3, -0.25) is 4.79 Å². The fraction of sp³-hybridized carbons (Fsp3) is 0.923. The van der Waals surface area contributed by atoms with Crippen molar-refractivity contribution in [2.75, 3.05) is 33.9 Å². The van der Waals surface area contributed by atoms with Gasteiger partial charge in [0.15, 0.2) is 6.29 Å². The first-order chi connectivity index (χ1) is 8.52. The van der Waals surface area contributed by atoms with Crippen LogP contribution in [0.15, 0.2) is 0 Å². The normalized spacial score (nSPS) is 21.1. The second-order valence-corrected chi connectivity index (χ2v) is 5.38. The molecule has 0 aliphatic carbocycles. The minimum atomic E-state index is -0.380. The van der Waals surface area contributed by atoms with Crippen LogP contribution < -0.4 is 10.6 Å². The van der Waals surface area contributed by atoms with E-state index in [0.717, 1.165) is 25.9 Å². The van der Waals surface area contributed by atoms with E-state index in [2.05, 4.69) is 10.6 Å². The molecule has 0 aromatic rings. The van der Waals surface area contributed by atoms with Gasteiger partial charge in [0.1, 0.15) is 0 Å². The van der Waals surface area contributed by atoms with Crippen LogP contribution in [0.2, 0.25) is 0 Å². The molecule has 0 aromatic heterocycles. The van der Waals surface area contributed by atoms with Crippen LogP contribution in [0.1, 0.15) is 26.7 Å². The Morgan fingerprint density at radius 2 is 2.11 bits per heavy atom. The van der Waals surface area contributed by atoms with Crippen LogP contribution in [0.25, 0.3) is 0 Å². The van der Waals surface area contributed by atoms with Gasteiger partial charge >= 0.3 is 0 Å². The molecule has 1 saturated heterocycles. The quantitative estimate of drug-likeness (QED) is 0.690. The predicted molar refractivity (Wildman–Crippen MR) is 70.2 cm³/mol. The van der Waals surface area contributed by atoms with Crippen LogP contribution in [0.4, 0.5) is 0 Å². The second kappa shape index (κ2) is 7.07. The minimum absolute atomic E-state index is 0.0651. The number of carbonyl (C=O) groups is 1. The molecular weight excluding hydrogens is 232 g/mol. The summed E-state index contributed by atoms with van der Waals surface area (Å²) in [6.07, 6.45) is 1.86. The van der Waals surface area contributed by atoms with E-state index in [1.54, 1.807) is 14.2 Å². The molecule has 1 rings (SSSR count). The lowest BCUT2D eigenvalue weighted by Gasteiger charge is -2.36. The van der Waals surface area contributed by atoms with Crippen molar-refractivity contribution >= 4 is 5.91 Å². The lowest BCUT2D eigenvalue weighted by atomic mass is 9.74. The zero-order valence-electron chi connectivity index (χ0n) is 11.9. The molecule has 18 heavy (non-hydrogen) atoms. The van der Waals surface area contributed by atoms with E-state index < -0.39 is 0 Å². The zero-order valence-corrected chi connectivity index (χ0v) is 11.9. The summed E-state index contributed by atoms with van der Waals surface area (Å²) >= 11 is 0. The summed E-state index contributed by atoms with van der Waals surface area (Å²) in [5.74, 6) is 0.449. The van der Waals surface area contributed by atoms with Crippen molar-refractivity contribution in [3.63, 3.8) is 0 Å². The Bertz CT molecular complexity index is 259. The molecule has 0 radical (unpaired) electrons. The molecule has 1 unspecified atom stereocenters. The van der Waals surface area contributed by atoms with E-state index in [-0.39, 0.29) is 17.6 Å². The van der Waals surface area contributed by atoms with Gasteiger partial charge in [0.25, 0.3) is 0 Å². The van der Waals surface area contributed by atoms with Gasteiger partial charge in [0.05, 0.1) is 6.54 Å². The first-order valence-corrected chi connectivity index (χ1v) is 6.57. The number of methoxy groups -OCH3 is 2. The average molecular weight is 258 g/mol. The summed E-state index contributed by atoms with van der Waals surface area (Å²) in [4.78, 5) is 12.3. The molecule has 5 heteroatoms. The number of nitrogens with one attached hydrogen (secondary N) is 2. The molecule has 1 fully saturated rings. The van der Waals surface area contributed by atoms with E-state index in [1.807, 2.05) is 13.8 Å². The molecular formula is C13H26N2O3. The fourth-order valence-electron chi connectivity index (χ4n) is 2.32. The summed E-state index contributed by atoms with van der Waals surface area (Å²) in [6.45, 7) is 6.38. The van der Waals surface area contributed by atoms with E-state index in [4.69, 9.17) is 9.47 Å². The monoisotopic (exact) mass is 258 g/mol. The molecule has 1 aliphatic heterocycles. The van der Waals surface area contributed by atoms with Gasteiger partial charge in [-0.2, -0.15) is 0 Å². The highest BCUT2D eigenvalue weighted by molar-refractivity contribution is 5.82. The summed E-state index contributed by atoms with van der Waals surface area (Å²) in [6, 6.07) is 0. The van der Waals surface area contributed by atoms with E-state index >= 15 is 0 Å². The minimum Gasteiger partial charge on any atom is -0.354 e. The first-order valence-electron chi connectivity index (χ1n) is 6.57. The summed E-state index contributed by atoms with van der Waals surface area (Å²) in [5.41, 5.74) is -0.362. The van der Waals surface area contributed by atoms with Gasteiger partial charge in [0, 0.05) is 19.6 Å². The number of carbonyl (C=O) groups excluding carboxylic acids is 1. The average Bonchev–Trinajstić information content (AvgIpc) is 2.40. The van der Waals surface area contributed by atoms with Crippen molar-refractivity contribution in [3.8, 4) is 0 Å². The Labute approximate surface area is 110 Å². The molecule has 0 saturated carbocycles. The van der Waals surface area contributed by atoms with E-state index in [9.17, 15) is 4.79 Å². The largest absolute Gasteiger partial charge is 0.354 e. The van der Waals surface area contributed by atoms with Crippen LogP contribution in [0, 0.1) is 11.3 Å². The van der Waals surface area contributed by atoms with Crippen molar-refractivity contribution < 1.29 is 14.3 Å². The molecule has 1 aliphatic rings. The lowest BCUT2D eigenvalue weighted by Crippen LogP contribution is -2.48. The third-order valence-electron chi connectivity index (χ3n) is 3.86. The molecule has 2 N–H and O–H groups in total. The number of hydrogen-bond acceptors (Lipinski definition) is 4. The molecule has 1 atom stereocenters. The summed E-state index contributed by atoms with van der Waals surface area (Å²) < 4.78 is 10.1. The van der Waals surface area contributed by atoms with Crippen LogP contribution in [0.3, 0.4) is 0 Å². The maximum atomic E-state index is 12.3. The third-order valence-corrected chi connectivity index (χ3v) is 3.86. The maximum absolute atomic E-state index is 12.3. The maximum Gasteiger partial charge on any atom is 0.226 e. The van der Waals surface area contributed by atoms with Gasteiger partial charge in [0.2, 0.25) is 5.91 Å². The number of piperidine rings is 1. The van der Waals surface area contributed by atoms with E-state index in [0.29, 0.717) is 12.5 Å². The molecule has 1 heterocycles. The molecule has 0 aromatic carbocycles. The van der Waals surface area contributed by atoms with E-state index in [1.165, 1.54) is 0 Å². The van der Waals surface area contributed by atoms with Gasteiger partial charge < -0.3 is 20.1 Å². The van der Waals surface area contributed by atoms with Crippen molar-refractivity contribution in [1.29, 1.82) is 0 Å². The predicted octanol–water partition coefficient (Wildman–Crippen LogP) is 0.747.